The zero-order chi connectivity index (χ0) is 14.8. The van der Waals surface area contributed by atoms with Gasteiger partial charge in [0.05, 0.1) is 12.0 Å². The van der Waals surface area contributed by atoms with Crippen LogP contribution in [0.4, 0.5) is 4.79 Å². The maximum Gasteiger partial charge on any atom is 0.317 e. The first-order valence-corrected chi connectivity index (χ1v) is 6.57. The van der Waals surface area contributed by atoms with E-state index in [1.807, 2.05) is 6.92 Å². The van der Waals surface area contributed by atoms with E-state index in [-0.39, 0.29) is 23.5 Å². The van der Waals surface area contributed by atoms with Crippen molar-refractivity contribution in [3.63, 3.8) is 0 Å². The van der Waals surface area contributed by atoms with E-state index in [1.54, 1.807) is 24.1 Å². The minimum atomic E-state index is -0.843. The average Bonchev–Trinajstić information content (AvgIpc) is 2.74. The molecule has 0 aromatic rings. The van der Waals surface area contributed by atoms with Gasteiger partial charge in [-0.15, -0.1) is 0 Å². The summed E-state index contributed by atoms with van der Waals surface area (Å²) in [5, 5.41) is 11.7. The molecule has 5 nitrogen and oxygen atoms in total. The Kier molecular flexibility index (Phi) is 4.61. The van der Waals surface area contributed by atoms with Gasteiger partial charge in [-0.1, -0.05) is 32.9 Å². The molecule has 0 heterocycles. The molecule has 0 aliphatic heterocycles. The number of amides is 2. The van der Waals surface area contributed by atoms with E-state index in [1.165, 1.54) is 0 Å². The molecule has 0 saturated heterocycles. The minimum absolute atomic E-state index is 0.00120. The number of hydrogen-bond donors (Lipinski definition) is 2. The highest BCUT2D eigenvalue weighted by atomic mass is 16.4. The summed E-state index contributed by atoms with van der Waals surface area (Å²) >= 11 is 0. The highest BCUT2D eigenvalue weighted by molar-refractivity contribution is 5.76. The normalized spacial score (nSPS) is 24.1. The van der Waals surface area contributed by atoms with Gasteiger partial charge in [0.1, 0.15) is 0 Å². The van der Waals surface area contributed by atoms with Gasteiger partial charge in [-0.25, -0.2) is 4.79 Å². The first kappa shape index (κ1) is 15.5. The predicted octanol–water partition coefficient (Wildman–Crippen LogP) is 2.09. The van der Waals surface area contributed by atoms with E-state index < -0.39 is 11.9 Å². The fourth-order valence-electron chi connectivity index (χ4n) is 2.01. The summed E-state index contributed by atoms with van der Waals surface area (Å²) in [5.74, 6) is -1.33. The molecular weight excluding hydrogens is 244 g/mol. The van der Waals surface area contributed by atoms with Gasteiger partial charge in [0.15, 0.2) is 0 Å². The maximum absolute atomic E-state index is 12.1. The second-order valence-corrected chi connectivity index (χ2v) is 6.27. The van der Waals surface area contributed by atoms with Crippen LogP contribution in [0, 0.1) is 11.3 Å². The summed E-state index contributed by atoms with van der Waals surface area (Å²) in [5.41, 5.74) is 0.00120. The number of carboxylic acids is 1. The number of nitrogens with zero attached hydrogens (tertiary/aromatic N) is 1. The van der Waals surface area contributed by atoms with Gasteiger partial charge in [0.2, 0.25) is 0 Å². The smallest absolute Gasteiger partial charge is 0.317 e. The lowest BCUT2D eigenvalue weighted by atomic mass is 9.87. The molecular formula is C14H24N2O3. The van der Waals surface area contributed by atoms with Gasteiger partial charge in [-0.2, -0.15) is 0 Å². The van der Waals surface area contributed by atoms with Crippen molar-refractivity contribution in [3.05, 3.63) is 12.2 Å². The van der Waals surface area contributed by atoms with Gasteiger partial charge in [-0.05, 0) is 18.8 Å². The first-order valence-electron chi connectivity index (χ1n) is 6.57. The van der Waals surface area contributed by atoms with Gasteiger partial charge in [0.25, 0.3) is 0 Å². The van der Waals surface area contributed by atoms with E-state index in [9.17, 15) is 9.59 Å². The van der Waals surface area contributed by atoms with Crippen LogP contribution in [-0.4, -0.2) is 41.1 Å². The summed E-state index contributed by atoms with van der Waals surface area (Å²) < 4.78 is 0. The first-order chi connectivity index (χ1) is 8.62. The second kappa shape index (κ2) is 5.63. The van der Waals surface area contributed by atoms with E-state index in [0.717, 1.165) is 0 Å². The minimum Gasteiger partial charge on any atom is -0.481 e. The Hall–Kier alpha value is -1.52. The summed E-state index contributed by atoms with van der Waals surface area (Å²) in [6.45, 7) is 8.25. The number of carbonyl (C=O) groups is 2. The third-order valence-corrected chi connectivity index (χ3v) is 3.86. The van der Waals surface area contributed by atoms with Crippen LogP contribution in [0.15, 0.2) is 12.2 Å². The fraction of sp³-hybridized carbons (Fsp3) is 0.714. The lowest BCUT2D eigenvalue weighted by molar-refractivity contribution is -0.140. The molecule has 0 fully saturated rings. The topological polar surface area (TPSA) is 69.6 Å². The molecule has 1 aliphatic rings. The van der Waals surface area contributed by atoms with Crippen LogP contribution >= 0.6 is 0 Å². The SMILES string of the molecule is CC(N(C)C(=O)NC1C=CC(C(=O)O)C1)C(C)(C)C. The zero-order valence-electron chi connectivity index (χ0n) is 12.3. The predicted molar refractivity (Wildman–Crippen MR) is 73.9 cm³/mol. The lowest BCUT2D eigenvalue weighted by Crippen LogP contribution is -2.49. The molecule has 0 aromatic carbocycles. The van der Waals surface area contributed by atoms with Crippen LogP contribution in [0.5, 0.6) is 0 Å². The number of carbonyl (C=O) groups excluding carboxylic acids is 1. The fourth-order valence-corrected chi connectivity index (χ4v) is 2.01. The van der Waals surface area contributed by atoms with Crippen molar-refractivity contribution >= 4 is 12.0 Å². The van der Waals surface area contributed by atoms with Crippen molar-refractivity contribution in [2.45, 2.75) is 46.2 Å². The monoisotopic (exact) mass is 268 g/mol. The Morgan fingerprint density at radius 2 is 1.95 bits per heavy atom. The zero-order valence-corrected chi connectivity index (χ0v) is 12.3. The molecule has 2 N–H and O–H groups in total. The summed E-state index contributed by atoms with van der Waals surface area (Å²) in [6.07, 6.45) is 3.82. The van der Waals surface area contributed by atoms with Crippen LogP contribution in [0.2, 0.25) is 0 Å². The Morgan fingerprint density at radius 1 is 1.37 bits per heavy atom. The number of urea groups is 1. The molecule has 3 unspecified atom stereocenters. The number of aliphatic carboxylic acids is 1. The Morgan fingerprint density at radius 3 is 2.37 bits per heavy atom. The van der Waals surface area contributed by atoms with Crippen LogP contribution < -0.4 is 5.32 Å². The van der Waals surface area contributed by atoms with Crippen LogP contribution in [-0.2, 0) is 4.79 Å². The summed E-state index contributed by atoms with van der Waals surface area (Å²) in [7, 11) is 1.76. The van der Waals surface area contributed by atoms with Crippen LogP contribution in [0.1, 0.15) is 34.1 Å². The van der Waals surface area contributed by atoms with Crippen molar-refractivity contribution in [1.82, 2.24) is 10.2 Å². The van der Waals surface area contributed by atoms with E-state index in [4.69, 9.17) is 5.11 Å². The van der Waals surface area contributed by atoms with Crippen molar-refractivity contribution in [3.8, 4) is 0 Å². The van der Waals surface area contributed by atoms with Crippen LogP contribution in [0.3, 0.4) is 0 Å². The molecule has 2 amide bonds. The summed E-state index contributed by atoms with van der Waals surface area (Å²) in [4.78, 5) is 24.6. The molecule has 108 valence electrons. The van der Waals surface area contributed by atoms with Crippen molar-refractivity contribution < 1.29 is 14.7 Å². The largest absolute Gasteiger partial charge is 0.481 e. The molecule has 0 saturated carbocycles. The van der Waals surface area contributed by atoms with E-state index in [0.29, 0.717) is 6.42 Å². The Labute approximate surface area is 114 Å². The average molecular weight is 268 g/mol. The molecule has 0 radical (unpaired) electrons. The molecule has 5 heteroatoms. The third-order valence-electron chi connectivity index (χ3n) is 3.86. The highest BCUT2D eigenvalue weighted by Gasteiger charge is 2.30. The Balaban J connectivity index is 2.53. The number of rotatable bonds is 3. The van der Waals surface area contributed by atoms with Crippen molar-refractivity contribution in [2.24, 2.45) is 11.3 Å². The summed E-state index contributed by atoms with van der Waals surface area (Å²) in [6, 6.07) is -0.264. The van der Waals surface area contributed by atoms with Crippen LogP contribution in [0.25, 0.3) is 0 Å². The van der Waals surface area contributed by atoms with E-state index in [2.05, 4.69) is 26.1 Å². The van der Waals surface area contributed by atoms with Crippen molar-refractivity contribution in [1.29, 1.82) is 0 Å². The van der Waals surface area contributed by atoms with Gasteiger partial charge in [-0.3, -0.25) is 4.79 Å². The molecule has 0 bridgehead atoms. The highest BCUT2D eigenvalue weighted by Crippen LogP contribution is 2.23. The van der Waals surface area contributed by atoms with Gasteiger partial charge >= 0.3 is 12.0 Å². The molecule has 3 atom stereocenters. The standard InChI is InChI=1S/C14H24N2O3/c1-9(14(2,3)4)16(5)13(19)15-11-7-6-10(8-11)12(17)18/h6-7,9-11H,8H2,1-5H3,(H,15,19)(H,17,18). The molecule has 0 aromatic heterocycles. The van der Waals surface area contributed by atoms with E-state index >= 15 is 0 Å². The molecule has 1 rings (SSSR count). The third kappa shape index (κ3) is 3.98. The number of hydrogen-bond acceptors (Lipinski definition) is 2. The van der Waals surface area contributed by atoms with Crippen molar-refractivity contribution in [2.75, 3.05) is 7.05 Å². The lowest BCUT2D eigenvalue weighted by Gasteiger charge is -2.35. The van der Waals surface area contributed by atoms with Gasteiger partial charge in [0, 0.05) is 13.1 Å². The molecule has 0 spiro atoms. The quantitative estimate of drug-likeness (QED) is 0.770. The van der Waals surface area contributed by atoms with Gasteiger partial charge < -0.3 is 15.3 Å². The maximum atomic E-state index is 12.1. The number of carboxylic acid groups (broad SMARTS) is 1. The second-order valence-electron chi connectivity index (χ2n) is 6.27. The molecule has 19 heavy (non-hydrogen) atoms. The number of nitrogens with one attached hydrogen (secondary N) is 1. The molecule has 1 aliphatic carbocycles. The Bertz CT molecular complexity index is 385.